The molecule has 2 N–H and O–H groups in total. The summed E-state index contributed by atoms with van der Waals surface area (Å²) in [4.78, 5) is 29.7. The Kier molecular flexibility index (Phi) is 6.49. The van der Waals surface area contributed by atoms with E-state index in [4.69, 9.17) is 4.74 Å². The van der Waals surface area contributed by atoms with E-state index in [1.807, 2.05) is 6.92 Å². The Morgan fingerprint density at radius 2 is 2.30 bits per heavy atom. The van der Waals surface area contributed by atoms with Crippen molar-refractivity contribution in [2.24, 2.45) is 0 Å². The van der Waals surface area contributed by atoms with Crippen molar-refractivity contribution in [2.75, 3.05) is 26.3 Å². The number of hydrogen-bond acceptors (Lipinski definition) is 5. The van der Waals surface area contributed by atoms with Gasteiger partial charge >= 0.3 is 0 Å². The van der Waals surface area contributed by atoms with Gasteiger partial charge in [0.15, 0.2) is 0 Å². The molecule has 1 aromatic heterocycles. The molecule has 2 atom stereocenters. The Morgan fingerprint density at radius 3 is 2.96 bits per heavy atom. The predicted molar refractivity (Wildman–Crippen MR) is 83.8 cm³/mol. The zero-order chi connectivity index (χ0) is 16.7. The van der Waals surface area contributed by atoms with Gasteiger partial charge < -0.3 is 20.1 Å². The standard InChI is InChI=1S/C16H23N3O4/c1-2-23-10-7-15(21)19-9-6-12(14(20)11-19)18-16(22)13-5-3-4-8-17-13/h3-5,8,12,14,20H,2,6-7,9-11H2,1H3,(H,18,22)/t12-,14-/m1/s1. The Labute approximate surface area is 135 Å². The number of amides is 2. The number of carbonyl (C=O) groups is 2. The van der Waals surface area contributed by atoms with Crippen LogP contribution in [0.1, 0.15) is 30.3 Å². The van der Waals surface area contributed by atoms with Crippen molar-refractivity contribution in [3.05, 3.63) is 30.1 Å². The SMILES string of the molecule is CCOCCC(=O)N1CC[C@@H](NC(=O)c2ccccn2)[C@H](O)C1. The van der Waals surface area contributed by atoms with E-state index in [1.165, 1.54) is 0 Å². The smallest absolute Gasteiger partial charge is 0.270 e. The largest absolute Gasteiger partial charge is 0.389 e. The van der Waals surface area contributed by atoms with E-state index in [9.17, 15) is 14.7 Å². The lowest BCUT2D eigenvalue weighted by molar-refractivity contribution is -0.135. The highest BCUT2D eigenvalue weighted by atomic mass is 16.5. The van der Waals surface area contributed by atoms with E-state index >= 15 is 0 Å². The first-order chi connectivity index (χ1) is 11.1. The van der Waals surface area contributed by atoms with Gasteiger partial charge in [-0.25, -0.2) is 0 Å². The zero-order valence-electron chi connectivity index (χ0n) is 13.3. The predicted octanol–water partition coefficient (Wildman–Crippen LogP) is 0.200. The van der Waals surface area contributed by atoms with Crippen molar-refractivity contribution in [2.45, 2.75) is 31.9 Å². The van der Waals surface area contributed by atoms with Crippen LogP contribution < -0.4 is 5.32 Å². The van der Waals surface area contributed by atoms with E-state index in [1.54, 1.807) is 29.3 Å². The molecule has 0 aliphatic carbocycles. The maximum absolute atomic E-state index is 12.1. The van der Waals surface area contributed by atoms with Gasteiger partial charge in [-0.3, -0.25) is 14.6 Å². The van der Waals surface area contributed by atoms with Crippen LogP contribution in [0.4, 0.5) is 0 Å². The van der Waals surface area contributed by atoms with Gasteiger partial charge in [0.2, 0.25) is 5.91 Å². The molecule has 1 aromatic rings. The third-order valence-corrected chi connectivity index (χ3v) is 3.81. The highest BCUT2D eigenvalue weighted by Gasteiger charge is 2.31. The molecule has 7 heteroatoms. The number of hydrogen-bond donors (Lipinski definition) is 2. The average Bonchev–Trinajstić information content (AvgIpc) is 2.57. The monoisotopic (exact) mass is 321 g/mol. The number of likely N-dealkylation sites (tertiary alicyclic amines) is 1. The Morgan fingerprint density at radius 1 is 1.48 bits per heavy atom. The first kappa shape index (κ1) is 17.4. The van der Waals surface area contributed by atoms with Gasteiger partial charge in [0.05, 0.1) is 25.2 Å². The molecule has 7 nitrogen and oxygen atoms in total. The zero-order valence-corrected chi connectivity index (χ0v) is 13.3. The molecular weight excluding hydrogens is 298 g/mol. The van der Waals surface area contributed by atoms with Gasteiger partial charge in [-0.2, -0.15) is 0 Å². The highest BCUT2D eigenvalue weighted by molar-refractivity contribution is 5.92. The van der Waals surface area contributed by atoms with E-state index in [2.05, 4.69) is 10.3 Å². The third kappa shape index (κ3) is 5.01. The topological polar surface area (TPSA) is 91.8 Å². The number of pyridine rings is 1. The molecule has 0 saturated carbocycles. The van der Waals surface area contributed by atoms with Crippen LogP contribution in [0.25, 0.3) is 0 Å². The van der Waals surface area contributed by atoms with Crippen molar-refractivity contribution in [3.63, 3.8) is 0 Å². The Hall–Kier alpha value is -1.99. The van der Waals surface area contributed by atoms with Crippen LogP contribution in [0.15, 0.2) is 24.4 Å². The number of piperidine rings is 1. The second kappa shape index (κ2) is 8.59. The average molecular weight is 321 g/mol. The summed E-state index contributed by atoms with van der Waals surface area (Å²) in [5.74, 6) is -0.349. The van der Waals surface area contributed by atoms with Gasteiger partial charge in [-0.05, 0) is 25.5 Å². The molecule has 0 aromatic carbocycles. The molecule has 23 heavy (non-hydrogen) atoms. The fourth-order valence-corrected chi connectivity index (χ4v) is 2.53. The number of β-amino-alcohol motifs (C(OH)–C–C–N with tert-alkyl or cyclic N) is 1. The van der Waals surface area contributed by atoms with Crippen LogP contribution in [0.3, 0.4) is 0 Å². The summed E-state index contributed by atoms with van der Waals surface area (Å²) in [6, 6.07) is 4.71. The lowest BCUT2D eigenvalue weighted by Crippen LogP contribution is -2.55. The number of aliphatic hydroxyl groups is 1. The molecule has 0 unspecified atom stereocenters. The molecule has 0 radical (unpaired) electrons. The first-order valence-electron chi connectivity index (χ1n) is 7.87. The van der Waals surface area contributed by atoms with Gasteiger partial charge in [-0.15, -0.1) is 0 Å². The quantitative estimate of drug-likeness (QED) is 0.730. The maximum Gasteiger partial charge on any atom is 0.270 e. The highest BCUT2D eigenvalue weighted by Crippen LogP contribution is 2.13. The Bertz CT molecular complexity index is 523. The van der Waals surface area contributed by atoms with Crippen LogP contribution in [0, 0.1) is 0 Å². The summed E-state index contributed by atoms with van der Waals surface area (Å²) < 4.78 is 5.17. The van der Waals surface area contributed by atoms with Crippen molar-refractivity contribution >= 4 is 11.8 Å². The fraction of sp³-hybridized carbons (Fsp3) is 0.562. The minimum absolute atomic E-state index is 0.0352. The van der Waals surface area contributed by atoms with Crippen LogP contribution >= 0.6 is 0 Å². The molecule has 2 amide bonds. The summed E-state index contributed by atoms with van der Waals surface area (Å²) >= 11 is 0. The molecular formula is C16H23N3O4. The number of aliphatic hydroxyl groups excluding tert-OH is 1. The molecule has 1 fully saturated rings. The second-order valence-corrected chi connectivity index (χ2v) is 5.44. The summed E-state index contributed by atoms with van der Waals surface area (Å²) in [6.07, 6.45) is 1.59. The lowest BCUT2D eigenvalue weighted by atomic mass is 10.0. The minimum Gasteiger partial charge on any atom is -0.389 e. The van der Waals surface area contributed by atoms with E-state index in [-0.39, 0.29) is 24.4 Å². The van der Waals surface area contributed by atoms with Gasteiger partial charge in [0.1, 0.15) is 5.69 Å². The third-order valence-electron chi connectivity index (χ3n) is 3.81. The van der Waals surface area contributed by atoms with Crippen LogP contribution in [-0.2, 0) is 9.53 Å². The first-order valence-corrected chi connectivity index (χ1v) is 7.87. The molecule has 126 valence electrons. The molecule has 1 aliphatic rings. The number of nitrogens with zero attached hydrogens (tertiary/aromatic N) is 2. The normalized spacial score (nSPS) is 21.0. The summed E-state index contributed by atoms with van der Waals surface area (Å²) in [5.41, 5.74) is 0.315. The van der Waals surface area contributed by atoms with Crippen molar-refractivity contribution in [3.8, 4) is 0 Å². The molecule has 1 saturated heterocycles. The Balaban J connectivity index is 1.82. The second-order valence-electron chi connectivity index (χ2n) is 5.44. The fourth-order valence-electron chi connectivity index (χ4n) is 2.53. The summed E-state index contributed by atoms with van der Waals surface area (Å²) in [7, 11) is 0. The number of carbonyl (C=O) groups excluding carboxylic acids is 2. The molecule has 0 spiro atoms. The van der Waals surface area contributed by atoms with E-state index in [0.717, 1.165) is 0 Å². The van der Waals surface area contributed by atoms with Gasteiger partial charge in [0.25, 0.3) is 5.91 Å². The van der Waals surface area contributed by atoms with E-state index in [0.29, 0.717) is 38.3 Å². The van der Waals surface area contributed by atoms with Crippen LogP contribution in [0.2, 0.25) is 0 Å². The van der Waals surface area contributed by atoms with Gasteiger partial charge in [-0.1, -0.05) is 6.07 Å². The number of rotatable bonds is 6. The number of ether oxygens (including phenoxy) is 1. The van der Waals surface area contributed by atoms with Crippen LogP contribution in [-0.4, -0.2) is 65.3 Å². The maximum atomic E-state index is 12.1. The van der Waals surface area contributed by atoms with Crippen molar-refractivity contribution < 1.29 is 19.4 Å². The van der Waals surface area contributed by atoms with Crippen molar-refractivity contribution in [1.82, 2.24) is 15.2 Å². The molecule has 0 bridgehead atoms. The minimum atomic E-state index is -0.785. The summed E-state index contributed by atoms with van der Waals surface area (Å²) in [5, 5.41) is 13.0. The van der Waals surface area contributed by atoms with Crippen molar-refractivity contribution in [1.29, 1.82) is 0 Å². The van der Waals surface area contributed by atoms with E-state index < -0.39 is 6.10 Å². The number of nitrogens with one attached hydrogen (secondary N) is 1. The number of aromatic nitrogens is 1. The molecule has 1 aliphatic heterocycles. The van der Waals surface area contributed by atoms with Gasteiger partial charge in [0, 0.05) is 25.9 Å². The molecule has 2 heterocycles. The molecule has 2 rings (SSSR count). The lowest BCUT2D eigenvalue weighted by Gasteiger charge is -2.36. The summed E-state index contributed by atoms with van der Waals surface area (Å²) in [6.45, 7) is 3.58. The van der Waals surface area contributed by atoms with Crippen LogP contribution in [0.5, 0.6) is 0 Å².